The minimum Gasteiger partial charge on any atom is -0.454 e. The first-order chi connectivity index (χ1) is 12.1. The minimum atomic E-state index is -0.740. The summed E-state index contributed by atoms with van der Waals surface area (Å²) >= 11 is 0. The Morgan fingerprint density at radius 3 is 2.69 bits per heavy atom. The number of hydrogen-bond donors (Lipinski definition) is 1. The van der Waals surface area contributed by atoms with Crippen LogP contribution in [0.15, 0.2) is 21.7 Å². The van der Waals surface area contributed by atoms with Gasteiger partial charge in [0, 0.05) is 24.7 Å². The van der Waals surface area contributed by atoms with Gasteiger partial charge in [-0.2, -0.15) is 0 Å². The van der Waals surface area contributed by atoms with Gasteiger partial charge in [-0.1, -0.05) is 20.8 Å². The molecule has 142 valence electrons. The van der Waals surface area contributed by atoms with Crippen LogP contribution >= 0.6 is 0 Å². The van der Waals surface area contributed by atoms with Crippen LogP contribution in [-0.2, 0) is 20.9 Å². The molecule has 8 heteroatoms. The molecule has 2 heterocycles. The zero-order valence-electron chi connectivity index (χ0n) is 15.4. The van der Waals surface area contributed by atoms with E-state index in [9.17, 15) is 19.2 Å². The number of aromatic nitrogens is 2. The lowest BCUT2D eigenvalue weighted by Crippen LogP contribution is -2.40. The number of carbonyl (C=O) groups is 2. The summed E-state index contributed by atoms with van der Waals surface area (Å²) in [6, 6.07) is 2.34. The van der Waals surface area contributed by atoms with Crippen LogP contribution in [0.5, 0.6) is 0 Å². The highest BCUT2D eigenvalue weighted by atomic mass is 16.5. The van der Waals surface area contributed by atoms with E-state index >= 15 is 0 Å². The highest BCUT2D eigenvalue weighted by molar-refractivity contribution is 5.81. The van der Waals surface area contributed by atoms with E-state index in [4.69, 9.17) is 4.74 Å². The Hall–Kier alpha value is -2.38. The maximum atomic E-state index is 12.5. The van der Waals surface area contributed by atoms with E-state index < -0.39 is 23.6 Å². The third-order valence-electron chi connectivity index (χ3n) is 5.27. The molecule has 1 saturated carbocycles. The molecule has 1 amide bonds. The molecule has 3 rings (SSSR count). The van der Waals surface area contributed by atoms with Gasteiger partial charge < -0.3 is 9.64 Å². The lowest BCUT2D eigenvalue weighted by Gasteiger charge is -2.39. The van der Waals surface area contributed by atoms with Crippen molar-refractivity contribution in [3.8, 4) is 0 Å². The van der Waals surface area contributed by atoms with Gasteiger partial charge in [0.2, 0.25) is 0 Å². The van der Waals surface area contributed by atoms with Crippen molar-refractivity contribution in [1.29, 1.82) is 0 Å². The Morgan fingerprint density at radius 1 is 1.23 bits per heavy atom. The molecule has 2 aliphatic rings. The smallest absolute Gasteiger partial charge is 0.328 e. The van der Waals surface area contributed by atoms with E-state index in [-0.39, 0.29) is 29.4 Å². The second-order valence-corrected chi connectivity index (χ2v) is 8.63. The maximum Gasteiger partial charge on any atom is 0.328 e. The third kappa shape index (κ3) is 3.89. The van der Waals surface area contributed by atoms with Gasteiger partial charge in [-0.25, -0.2) is 4.68 Å². The molecule has 2 fully saturated rings. The number of esters is 1. The molecule has 0 radical (unpaired) electrons. The number of carbonyl (C=O) groups excluding carboxylic acids is 2. The Kier molecular flexibility index (Phi) is 4.54. The van der Waals surface area contributed by atoms with Crippen LogP contribution < -0.4 is 11.1 Å². The summed E-state index contributed by atoms with van der Waals surface area (Å²) in [7, 11) is 0. The number of rotatable bonds is 4. The Bertz CT molecular complexity index is 840. The lowest BCUT2D eigenvalue weighted by atomic mass is 9.65. The number of nitrogens with one attached hydrogen (secondary N) is 1. The van der Waals surface area contributed by atoms with Gasteiger partial charge in [-0.3, -0.25) is 24.3 Å². The van der Waals surface area contributed by atoms with Crippen molar-refractivity contribution in [2.24, 2.45) is 10.8 Å². The topological polar surface area (TPSA) is 101 Å². The van der Waals surface area contributed by atoms with Crippen molar-refractivity contribution >= 4 is 11.9 Å². The monoisotopic (exact) mass is 363 g/mol. The summed E-state index contributed by atoms with van der Waals surface area (Å²) in [5.74, 6) is -0.949. The molecule has 8 nitrogen and oxygen atoms in total. The number of fused-ring (bicyclic) bond motifs is 2. The molecular weight excluding hydrogens is 338 g/mol. The fourth-order valence-corrected chi connectivity index (χ4v) is 4.73. The lowest BCUT2D eigenvalue weighted by molar-refractivity contribution is -0.153. The molecule has 1 aliphatic carbocycles. The first-order valence-electron chi connectivity index (χ1n) is 8.82. The Labute approximate surface area is 151 Å². The van der Waals surface area contributed by atoms with Crippen molar-refractivity contribution in [2.75, 3.05) is 13.2 Å². The molecule has 26 heavy (non-hydrogen) atoms. The van der Waals surface area contributed by atoms with Crippen LogP contribution in [0.2, 0.25) is 0 Å². The fraction of sp³-hybridized carbons (Fsp3) is 0.667. The molecule has 0 aromatic carbocycles. The Balaban J connectivity index is 1.57. The van der Waals surface area contributed by atoms with Gasteiger partial charge in [0.15, 0.2) is 6.61 Å². The predicted molar refractivity (Wildman–Crippen MR) is 93.5 cm³/mol. The predicted octanol–water partition coefficient (Wildman–Crippen LogP) is 0.507. The van der Waals surface area contributed by atoms with Gasteiger partial charge in [-0.05, 0) is 30.1 Å². The molecule has 1 aromatic rings. The van der Waals surface area contributed by atoms with E-state index in [1.165, 1.54) is 0 Å². The quantitative estimate of drug-likeness (QED) is 0.785. The summed E-state index contributed by atoms with van der Waals surface area (Å²) in [5, 5.41) is 2.25. The highest BCUT2D eigenvalue weighted by Crippen LogP contribution is 2.52. The largest absolute Gasteiger partial charge is 0.454 e. The summed E-state index contributed by atoms with van der Waals surface area (Å²) in [6.07, 6.45) is 3.00. The van der Waals surface area contributed by atoms with Crippen molar-refractivity contribution in [3.63, 3.8) is 0 Å². The van der Waals surface area contributed by atoms with Crippen LogP contribution in [0.4, 0.5) is 0 Å². The maximum absolute atomic E-state index is 12.5. The highest BCUT2D eigenvalue weighted by Gasteiger charge is 2.50. The molecule has 1 N–H and O–H groups in total. The second-order valence-electron chi connectivity index (χ2n) is 8.63. The molecule has 0 unspecified atom stereocenters. The van der Waals surface area contributed by atoms with Gasteiger partial charge in [-0.15, -0.1) is 0 Å². The van der Waals surface area contributed by atoms with E-state index in [2.05, 4.69) is 25.9 Å². The number of hydrogen-bond acceptors (Lipinski definition) is 5. The molecular formula is C18H25N3O5. The summed E-state index contributed by atoms with van der Waals surface area (Å²) in [4.78, 5) is 49.1. The van der Waals surface area contributed by atoms with Crippen molar-refractivity contribution in [2.45, 2.75) is 52.6 Å². The number of ether oxygens (including phenoxy) is 1. The number of H-pyrrole nitrogens is 1. The van der Waals surface area contributed by atoms with Gasteiger partial charge >= 0.3 is 5.97 Å². The van der Waals surface area contributed by atoms with E-state index in [1.807, 2.05) is 4.90 Å². The van der Waals surface area contributed by atoms with Crippen molar-refractivity contribution < 1.29 is 14.3 Å². The summed E-state index contributed by atoms with van der Waals surface area (Å²) in [6.45, 7) is 6.56. The zero-order valence-corrected chi connectivity index (χ0v) is 15.4. The van der Waals surface area contributed by atoms with Crippen LogP contribution in [0, 0.1) is 10.8 Å². The molecule has 1 aliphatic heterocycles. The summed E-state index contributed by atoms with van der Waals surface area (Å²) in [5.41, 5.74) is -0.697. The number of nitrogens with zero attached hydrogens (tertiary/aromatic N) is 2. The van der Waals surface area contributed by atoms with Crippen molar-refractivity contribution in [1.82, 2.24) is 14.7 Å². The number of amides is 1. The number of aromatic amines is 1. The molecule has 1 aromatic heterocycles. The Morgan fingerprint density at radius 2 is 1.96 bits per heavy atom. The minimum absolute atomic E-state index is 0.114. The molecule has 0 spiro atoms. The SMILES string of the molecule is CC1(C)C[C@H]2C[C@@](C)(CN2C(=O)COC(=O)Cn2[nH]c(=O)ccc2=O)C1. The van der Waals surface area contributed by atoms with E-state index in [0.29, 0.717) is 6.54 Å². The standard InChI is InChI=1S/C18H25N3O5/c1-17(2)6-12-7-18(3,10-17)11-20(12)15(24)9-26-16(25)8-21-14(23)5-4-13(22)19-21/h4-5,12H,6-11H2,1-3H3,(H,19,22)/t12-,18+/m0/s1. The first-order valence-corrected chi connectivity index (χ1v) is 8.82. The average Bonchev–Trinajstić information content (AvgIpc) is 2.77. The van der Waals surface area contributed by atoms with Crippen molar-refractivity contribution in [3.05, 3.63) is 32.8 Å². The number of likely N-dealkylation sites (tertiary alicyclic amines) is 1. The summed E-state index contributed by atoms with van der Waals surface area (Å²) < 4.78 is 5.90. The second kappa shape index (κ2) is 6.41. The van der Waals surface area contributed by atoms with Crippen LogP contribution in [-0.4, -0.2) is 45.8 Å². The van der Waals surface area contributed by atoms with Crippen LogP contribution in [0.25, 0.3) is 0 Å². The van der Waals surface area contributed by atoms with Crippen LogP contribution in [0.3, 0.4) is 0 Å². The van der Waals surface area contributed by atoms with Gasteiger partial charge in [0.05, 0.1) is 0 Å². The fourth-order valence-electron chi connectivity index (χ4n) is 4.73. The molecule has 2 atom stereocenters. The molecule has 1 saturated heterocycles. The van der Waals surface area contributed by atoms with Gasteiger partial charge in [0.25, 0.3) is 17.0 Å². The van der Waals surface area contributed by atoms with E-state index in [1.54, 1.807) is 0 Å². The first kappa shape index (κ1) is 18.4. The van der Waals surface area contributed by atoms with Gasteiger partial charge in [0.1, 0.15) is 6.54 Å². The normalized spacial score (nSPS) is 26.6. The zero-order chi connectivity index (χ0) is 19.1. The average molecular weight is 363 g/mol. The molecule has 2 bridgehead atoms. The van der Waals surface area contributed by atoms with Crippen LogP contribution in [0.1, 0.15) is 40.0 Å². The van der Waals surface area contributed by atoms with E-state index in [0.717, 1.165) is 36.1 Å². The third-order valence-corrected chi connectivity index (χ3v) is 5.27.